The van der Waals surface area contributed by atoms with E-state index in [0.29, 0.717) is 31.5 Å². The Morgan fingerprint density at radius 2 is 2.09 bits per heavy atom. The molecule has 4 amide bonds. The normalized spacial score (nSPS) is 20.2. The molecule has 0 bridgehead atoms. The van der Waals surface area contributed by atoms with Crippen LogP contribution in [0.25, 0.3) is 0 Å². The van der Waals surface area contributed by atoms with Crippen LogP contribution in [0.2, 0.25) is 0 Å². The predicted octanol–water partition coefficient (Wildman–Crippen LogP) is 1.83. The van der Waals surface area contributed by atoms with E-state index >= 15 is 0 Å². The van der Waals surface area contributed by atoms with Crippen LogP contribution in [0.5, 0.6) is 0 Å². The van der Waals surface area contributed by atoms with E-state index < -0.39 is 11.9 Å². The minimum atomic E-state index is -0.511. The molecule has 0 aromatic carbocycles. The summed E-state index contributed by atoms with van der Waals surface area (Å²) >= 11 is 0. The molecule has 0 aromatic heterocycles. The molecule has 2 aliphatic rings. The van der Waals surface area contributed by atoms with Crippen molar-refractivity contribution in [3.8, 4) is 0 Å². The topological polar surface area (TPSA) is 78.8 Å². The monoisotopic (exact) mass is 303 g/mol. The third-order valence-corrected chi connectivity index (χ3v) is 3.47. The number of nitrogens with zero attached hydrogens (tertiary/aromatic N) is 2. The number of imide groups is 1. The summed E-state index contributed by atoms with van der Waals surface area (Å²) < 4.78 is 0. The molecule has 1 N–H and O–H groups in total. The van der Waals surface area contributed by atoms with Crippen LogP contribution < -0.4 is 5.32 Å². The number of carbonyl (C=O) groups excluding carboxylic acids is 3. The van der Waals surface area contributed by atoms with Crippen molar-refractivity contribution in [1.82, 2.24) is 10.2 Å². The number of allylic oxidation sites excluding steroid dienone is 3. The first-order chi connectivity index (χ1) is 10.5. The van der Waals surface area contributed by atoms with Crippen LogP contribution in [0.3, 0.4) is 0 Å². The van der Waals surface area contributed by atoms with Gasteiger partial charge in [0.25, 0.3) is 0 Å². The van der Waals surface area contributed by atoms with Crippen LogP contribution in [-0.4, -0.2) is 41.0 Å². The van der Waals surface area contributed by atoms with Crippen LogP contribution in [-0.2, 0) is 9.59 Å². The molecular weight excluding hydrogens is 282 g/mol. The Morgan fingerprint density at radius 3 is 2.82 bits per heavy atom. The maximum atomic E-state index is 12.3. The summed E-state index contributed by atoms with van der Waals surface area (Å²) in [5.41, 5.74) is 0.505. The van der Waals surface area contributed by atoms with Crippen molar-refractivity contribution < 1.29 is 14.4 Å². The highest BCUT2D eigenvalue weighted by molar-refractivity contribution is 6.21. The third kappa shape index (κ3) is 3.90. The van der Waals surface area contributed by atoms with Gasteiger partial charge < -0.3 is 5.32 Å². The number of hydrogen-bond acceptors (Lipinski definition) is 3. The molecule has 0 spiro atoms. The predicted molar refractivity (Wildman–Crippen MR) is 83.4 cm³/mol. The van der Waals surface area contributed by atoms with Gasteiger partial charge in [-0.25, -0.2) is 4.79 Å². The Bertz CT molecular complexity index is 561. The van der Waals surface area contributed by atoms with Crippen molar-refractivity contribution in [3.63, 3.8) is 0 Å². The molecule has 118 valence electrons. The van der Waals surface area contributed by atoms with Crippen LogP contribution in [0, 0.1) is 5.92 Å². The fourth-order valence-corrected chi connectivity index (χ4v) is 2.44. The number of hydrogen-bond donors (Lipinski definition) is 1. The van der Waals surface area contributed by atoms with E-state index in [1.54, 1.807) is 24.3 Å². The zero-order valence-corrected chi connectivity index (χ0v) is 12.9. The minimum absolute atomic E-state index is 0.00745. The molecule has 1 aliphatic carbocycles. The van der Waals surface area contributed by atoms with Gasteiger partial charge in [0.2, 0.25) is 11.8 Å². The van der Waals surface area contributed by atoms with Gasteiger partial charge in [-0.15, -0.1) is 0 Å². The number of carbonyl (C=O) groups is 3. The molecule has 0 aromatic rings. The molecule has 0 fully saturated rings. The smallest absolute Gasteiger partial charge is 0.350 e. The maximum absolute atomic E-state index is 12.3. The molecule has 1 heterocycles. The molecule has 6 nitrogen and oxygen atoms in total. The molecule has 1 aliphatic heterocycles. The summed E-state index contributed by atoms with van der Waals surface area (Å²) in [4.78, 5) is 40.9. The Kier molecular flexibility index (Phi) is 5.25. The van der Waals surface area contributed by atoms with E-state index in [1.807, 2.05) is 13.8 Å². The van der Waals surface area contributed by atoms with Crippen molar-refractivity contribution >= 4 is 23.6 Å². The summed E-state index contributed by atoms with van der Waals surface area (Å²) in [5, 5.41) is 2.81. The largest absolute Gasteiger partial charge is 0.354 e. The van der Waals surface area contributed by atoms with Crippen molar-refractivity contribution in [2.24, 2.45) is 10.9 Å². The van der Waals surface area contributed by atoms with E-state index in [-0.39, 0.29) is 17.9 Å². The molecule has 6 heteroatoms. The van der Waals surface area contributed by atoms with Crippen LogP contribution in [0.15, 0.2) is 29.3 Å². The van der Waals surface area contributed by atoms with Crippen molar-refractivity contribution in [3.05, 3.63) is 24.3 Å². The van der Waals surface area contributed by atoms with Gasteiger partial charge in [0.1, 0.15) is 0 Å². The Morgan fingerprint density at radius 1 is 1.32 bits per heavy atom. The standard InChI is InChI=1S/C16H21N3O3/c1-11(2)17-14(20)9-5-6-10-19-15(21)12-7-3-4-8-13(12)18-16(19)22/h3-4,7-8,11-12H,5-6,9-10H2,1-2H3,(H,17,20). The van der Waals surface area contributed by atoms with Gasteiger partial charge in [-0.2, -0.15) is 4.99 Å². The Labute approximate surface area is 130 Å². The highest BCUT2D eigenvalue weighted by Gasteiger charge is 2.35. The van der Waals surface area contributed by atoms with E-state index in [4.69, 9.17) is 0 Å². The second-order valence-corrected chi connectivity index (χ2v) is 5.71. The summed E-state index contributed by atoms with van der Waals surface area (Å²) in [6, 6.07) is -0.389. The Balaban J connectivity index is 1.83. The minimum Gasteiger partial charge on any atom is -0.354 e. The first-order valence-corrected chi connectivity index (χ1v) is 7.57. The molecule has 1 atom stereocenters. The summed E-state index contributed by atoms with van der Waals surface area (Å²) in [6.07, 6.45) is 8.61. The van der Waals surface area contributed by atoms with Crippen LogP contribution >= 0.6 is 0 Å². The number of rotatable bonds is 6. The maximum Gasteiger partial charge on any atom is 0.350 e. The van der Waals surface area contributed by atoms with Gasteiger partial charge in [-0.05, 0) is 32.8 Å². The second-order valence-electron chi connectivity index (χ2n) is 5.71. The lowest BCUT2D eigenvalue weighted by molar-refractivity contribution is -0.129. The van der Waals surface area contributed by atoms with Gasteiger partial charge in [-0.1, -0.05) is 18.2 Å². The van der Waals surface area contributed by atoms with Gasteiger partial charge in [0, 0.05) is 19.0 Å². The average Bonchev–Trinajstić information content (AvgIpc) is 2.45. The summed E-state index contributed by atoms with van der Waals surface area (Å²) in [5.74, 6) is -0.693. The lowest BCUT2D eigenvalue weighted by Crippen LogP contribution is -2.46. The number of urea groups is 1. The molecule has 0 saturated heterocycles. The summed E-state index contributed by atoms with van der Waals surface area (Å²) in [6.45, 7) is 4.12. The number of unbranched alkanes of at least 4 members (excludes halogenated alkanes) is 1. The zero-order chi connectivity index (χ0) is 16.1. The molecule has 22 heavy (non-hydrogen) atoms. The van der Waals surface area contributed by atoms with Crippen LogP contribution in [0.1, 0.15) is 33.1 Å². The second kappa shape index (κ2) is 7.15. The fraction of sp³-hybridized carbons (Fsp3) is 0.500. The van der Waals surface area contributed by atoms with Crippen molar-refractivity contribution in [2.45, 2.75) is 39.2 Å². The Hall–Kier alpha value is -2.24. The first-order valence-electron chi connectivity index (χ1n) is 7.57. The molecule has 0 radical (unpaired) electrons. The van der Waals surface area contributed by atoms with E-state index in [0.717, 1.165) is 0 Å². The molecule has 1 unspecified atom stereocenters. The van der Waals surface area contributed by atoms with Gasteiger partial charge in [0.15, 0.2) is 0 Å². The molecule has 2 rings (SSSR count). The van der Waals surface area contributed by atoms with E-state index in [1.165, 1.54) is 4.90 Å². The number of aliphatic imine (C=N–C) groups is 1. The van der Waals surface area contributed by atoms with E-state index in [9.17, 15) is 14.4 Å². The molecular formula is C16H21N3O3. The van der Waals surface area contributed by atoms with E-state index in [2.05, 4.69) is 10.3 Å². The van der Waals surface area contributed by atoms with Crippen molar-refractivity contribution in [1.29, 1.82) is 0 Å². The van der Waals surface area contributed by atoms with Gasteiger partial charge >= 0.3 is 6.03 Å². The average molecular weight is 303 g/mol. The zero-order valence-electron chi connectivity index (χ0n) is 12.9. The fourth-order valence-electron chi connectivity index (χ4n) is 2.44. The van der Waals surface area contributed by atoms with Gasteiger partial charge in [-0.3, -0.25) is 14.5 Å². The lowest BCUT2D eigenvalue weighted by atomic mass is 9.95. The van der Waals surface area contributed by atoms with Crippen molar-refractivity contribution in [2.75, 3.05) is 6.54 Å². The highest BCUT2D eigenvalue weighted by Crippen LogP contribution is 2.20. The lowest BCUT2D eigenvalue weighted by Gasteiger charge is -2.28. The van der Waals surface area contributed by atoms with Crippen LogP contribution in [0.4, 0.5) is 4.79 Å². The number of fused-ring (bicyclic) bond motifs is 1. The highest BCUT2D eigenvalue weighted by atomic mass is 16.2. The third-order valence-electron chi connectivity index (χ3n) is 3.47. The first kappa shape index (κ1) is 16.1. The summed E-state index contributed by atoms with van der Waals surface area (Å²) in [7, 11) is 0. The number of nitrogens with one attached hydrogen (secondary N) is 1. The quantitative estimate of drug-likeness (QED) is 0.760. The van der Waals surface area contributed by atoms with Gasteiger partial charge in [0.05, 0.1) is 11.6 Å². The molecule has 0 saturated carbocycles. The SMILES string of the molecule is CC(C)NC(=O)CCCCN1C(=O)N=C2C=CC=CC2C1=O. The number of amides is 4.